The van der Waals surface area contributed by atoms with E-state index in [-0.39, 0.29) is 0 Å². The van der Waals surface area contributed by atoms with Crippen molar-refractivity contribution >= 4 is 5.82 Å². The molecule has 86 valence electrons. The van der Waals surface area contributed by atoms with Crippen LogP contribution in [0.4, 0.5) is 5.82 Å². The van der Waals surface area contributed by atoms with Crippen molar-refractivity contribution in [3.8, 4) is 6.07 Å². The van der Waals surface area contributed by atoms with E-state index in [2.05, 4.69) is 23.4 Å². The molecule has 1 aromatic heterocycles. The molecule has 1 aliphatic carbocycles. The average Bonchev–Trinajstić information content (AvgIpc) is 2.98. The Morgan fingerprint density at radius 2 is 2.25 bits per heavy atom. The molecule has 0 aromatic carbocycles. The molecule has 0 bridgehead atoms. The highest BCUT2D eigenvalue weighted by atomic mass is 15.3. The third-order valence-electron chi connectivity index (χ3n) is 3.67. The molecule has 0 spiro atoms. The monoisotopic (exact) mass is 218 g/mol. The van der Waals surface area contributed by atoms with Gasteiger partial charge in [0, 0.05) is 13.6 Å². The van der Waals surface area contributed by atoms with Crippen LogP contribution in [-0.2, 0) is 7.05 Å². The fourth-order valence-electron chi connectivity index (χ4n) is 2.10. The zero-order chi connectivity index (χ0) is 11.8. The topological polar surface area (TPSA) is 53.6 Å². The van der Waals surface area contributed by atoms with Gasteiger partial charge in [0.05, 0.1) is 5.69 Å². The van der Waals surface area contributed by atoms with Gasteiger partial charge in [0.1, 0.15) is 17.5 Å². The lowest BCUT2D eigenvalue weighted by Crippen LogP contribution is -2.16. The Hall–Kier alpha value is -1.50. The van der Waals surface area contributed by atoms with E-state index < -0.39 is 0 Å². The fraction of sp³-hybridized carbons (Fsp3) is 0.667. The van der Waals surface area contributed by atoms with E-state index in [0.717, 1.165) is 18.1 Å². The fourth-order valence-corrected chi connectivity index (χ4v) is 2.10. The van der Waals surface area contributed by atoms with Crippen LogP contribution >= 0.6 is 0 Å². The van der Waals surface area contributed by atoms with Crippen molar-refractivity contribution in [2.24, 2.45) is 12.5 Å². The molecule has 16 heavy (non-hydrogen) atoms. The minimum Gasteiger partial charge on any atom is -0.369 e. The highest BCUT2D eigenvalue weighted by Gasteiger charge is 2.40. The van der Waals surface area contributed by atoms with Crippen LogP contribution in [0.5, 0.6) is 0 Å². The lowest BCUT2D eigenvalue weighted by atomic mass is 10.0. The predicted octanol–water partition coefficient (Wildman–Crippen LogP) is 2.20. The van der Waals surface area contributed by atoms with Gasteiger partial charge in [-0.25, -0.2) is 0 Å². The summed E-state index contributed by atoms with van der Waals surface area (Å²) in [7, 11) is 1.88. The minimum absolute atomic E-state index is 0.477. The van der Waals surface area contributed by atoms with Gasteiger partial charge < -0.3 is 5.32 Å². The summed E-state index contributed by atoms with van der Waals surface area (Å²) in [6, 6.07) is 2.21. The Labute approximate surface area is 96.3 Å². The molecule has 0 radical (unpaired) electrons. The summed E-state index contributed by atoms with van der Waals surface area (Å²) in [5, 5.41) is 16.7. The molecule has 0 unspecified atom stereocenters. The number of rotatable bonds is 4. The van der Waals surface area contributed by atoms with E-state index in [1.165, 1.54) is 19.3 Å². The van der Waals surface area contributed by atoms with Gasteiger partial charge in [-0.2, -0.15) is 10.4 Å². The Morgan fingerprint density at radius 1 is 1.56 bits per heavy atom. The normalized spacial score (nSPS) is 16.9. The van der Waals surface area contributed by atoms with E-state index in [1.807, 2.05) is 14.0 Å². The summed E-state index contributed by atoms with van der Waals surface area (Å²) >= 11 is 0. The SMILES string of the molecule is CCC1(CNc2c(C#N)c(C)nn2C)CC1. The zero-order valence-electron chi connectivity index (χ0n) is 10.2. The van der Waals surface area contributed by atoms with Gasteiger partial charge in [0.15, 0.2) is 0 Å². The molecule has 0 aliphatic heterocycles. The van der Waals surface area contributed by atoms with Gasteiger partial charge in [-0.05, 0) is 31.6 Å². The third-order valence-corrected chi connectivity index (χ3v) is 3.67. The van der Waals surface area contributed by atoms with Gasteiger partial charge in [0.2, 0.25) is 0 Å². The molecule has 4 nitrogen and oxygen atoms in total. The van der Waals surface area contributed by atoms with Crippen LogP contribution in [0, 0.1) is 23.7 Å². The van der Waals surface area contributed by atoms with Crippen molar-refractivity contribution in [1.29, 1.82) is 5.26 Å². The third kappa shape index (κ3) is 1.78. The second kappa shape index (κ2) is 3.82. The lowest BCUT2D eigenvalue weighted by Gasteiger charge is -2.14. The predicted molar refractivity (Wildman–Crippen MR) is 63.1 cm³/mol. The lowest BCUT2D eigenvalue weighted by molar-refractivity contribution is 0.519. The van der Waals surface area contributed by atoms with E-state index >= 15 is 0 Å². The molecule has 0 atom stereocenters. The van der Waals surface area contributed by atoms with E-state index in [9.17, 15) is 0 Å². The summed E-state index contributed by atoms with van der Waals surface area (Å²) in [4.78, 5) is 0. The number of nitrogens with one attached hydrogen (secondary N) is 1. The maximum Gasteiger partial charge on any atom is 0.142 e. The Morgan fingerprint density at radius 3 is 2.75 bits per heavy atom. The first-order valence-corrected chi connectivity index (χ1v) is 5.79. The van der Waals surface area contributed by atoms with Crippen LogP contribution in [-0.4, -0.2) is 16.3 Å². The summed E-state index contributed by atoms with van der Waals surface area (Å²) in [6.45, 7) is 5.06. The summed E-state index contributed by atoms with van der Waals surface area (Å²) in [6.07, 6.45) is 3.81. The second-order valence-corrected chi connectivity index (χ2v) is 4.75. The van der Waals surface area contributed by atoms with Crippen molar-refractivity contribution in [3.05, 3.63) is 11.3 Å². The molecule has 0 saturated heterocycles. The Kier molecular flexibility index (Phi) is 2.63. The summed E-state index contributed by atoms with van der Waals surface area (Å²) < 4.78 is 1.76. The molecular formula is C12H18N4. The molecule has 1 aliphatic rings. The molecule has 0 amide bonds. The largest absolute Gasteiger partial charge is 0.369 e. The number of hydrogen-bond donors (Lipinski definition) is 1. The quantitative estimate of drug-likeness (QED) is 0.843. The van der Waals surface area contributed by atoms with Gasteiger partial charge >= 0.3 is 0 Å². The number of aryl methyl sites for hydroxylation is 2. The van der Waals surface area contributed by atoms with Crippen LogP contribution in [0.15, 0.2) is 0 Å². The molecule has 1 N–H and O–H groups in total. The number of nitrogens with zero attached hydrogens (tertiary/aromatic N) is 3. The molecule has 1 saturated carbocycles. The number of anilines is 1. The first-order valence-electron chi connectivity index (χ1n) is 5.79. The smallest absolute Gasteiger partial charge is 0.142 e. The molecule has 1 heterocycles. The summed E-state index contributed by atoms with van der Waals surface area (Å²) in [5.41, 5.74) is 1.95. The van der Waals surface area contributed by atoms with Gasteiger partial charge in [-0.1, -0.05) is 6.92 Å². The van der Waals surface area contributed by atoms with Crippen LogP contribution < -0.4 is 5.32 Å². The molecule has 2 rings (SSSR count). The highest BCUT2D eigenvalue weighted by Crippen LogP contribution is 2.48. The summed E-state index contributed by atoms with van der Waals surface area (Å²) in [5.74, 6) is 0.861. The van der Waals surface area contributed by atoms with Crippen molar-refractivity contribution in [2.45, 2.75) is 33.1 Å². The zero-order valence-corrected chi connectivity index (χ0v) is 10.2. The molecule has 4 heteroatoms. The minimum atomic E-state index is 0.477. The first kappa shape index (κ1) is 11.0. The van der Waals surface area contributed by atoms with E-state index in [0.29, 0.717) is 11.0 Å². The van der Waals surface area contributed by atoms with E-state index in [1.54, 1.807) is 4.68 Å². The van der Waals surface area contributed by atoms with Crippen molar-refractivity contribution in [1.82, 2.24) is 9.78 Å². The van der Waals surface area contributed by atoms with Gasteiger partial charge in [-0.15, -0.1) is 0 Å². The average molecular weight is 218 g/mol. The molecule has 1 aromatic rings. The maximum atomic E-state index is 9.07. The Bertz CT molecular complexity index is 435. The maximum absolute atomic E-state index is 9.07. The van der Waals surface area contributed by atoms with Crippen molar-refractivity contribution in [2.75, 3.05) is 11.9 Å². The first-order chi connectivity index (χ1) is 7.62. The highest BCUT2D eigenvalue weighted by molar-refractivity contribution is 5.55. The van der Waals surface area contributed by atoms with Gasteiger partial charge in [0.25, 0.3) is 0 Å². The van der Waals surface area contributed by atoms with Crippen LogP contribution in [0.25, 0.3) is 0 Å². The van der Waals surface area contributed by atoms with Crippen LogP contribution in [0.3, 0.4) is 0 Å². The second-order valence-electron chi connectivity index (χ2n) is 4.75. The molecule has 1 fully saturated rings. The number of nitriles is 1. The van der Waals surface area contributed by atoms with Crippen molar-refractivity contribution in [3.63, 3.8) is 0 Å². The Balaban J connectivity index is 2.13. The number of aromatic nitrogens is 2. The molecular weight excluding hydrogens is 200 g/mol. The standard InChI is InChI=1S/C12H18N4/c1-4-12(5-6-12)8-14-11-10(7-13)9(2)15-16(11)3/h14H,4-6,8H2,1-3H3. The van der Waals surface area contributed by atoms with Crippen molar-refractivity contribution < 1.29 is 0 Å². The number of hydrogen-bond acceptors (Lipinski definition) is 3. The van der Waals surface area contributed by atoms with Crippen LogP contribution in [0.2, 0.25) is 0 Å². The van der Waals surface area contributed by atoms with Gasteiger partial charge in [-0.3, -0.25) is 4.68 Å². The van der Waals surface area contributed by atoms with E-state index in [4.69, 9.17) is 5.26 Å². The van der Waals surface area contributed by atoms with Crippen LogP contribution in [0.1, 0.15) is 37.4 Å².